The third kappa shape index (κ3) is 2.66. The number of aromatic amines is 2. The van der Waals surface area contributed by atoms with Crippen LogP contribution in [0.4, 0.5) is 0 Å². The third-order valence-corrected chi connectivity index (χ3v) is 2.08. The van der Waals surface area contributed by atoms with Crippen molar-refractivity contribution < 1.29 is 4.79 Å². The van der Waals surface area contributed by atoms with Gasteiger partial charge >= 0.3 is 0 Å². The molecule has 0 aliphatic rings. The molecule has 2 aromatic rings. The van der Waals surface area contributed by atoms with E-state index in [1.54, 1.807) is 12.4 Å². The summed E-state index contributed by atoms with van der Waals surface area (Å²) in [5.41, 5.74) is 0.304. The van der Waals surface area contributed by atoms with Crippen molar-refractivity contribution in [3.63, 3.8) is 0 Å². The van der Waals surface area contributed by atoms with Gasteiger partial charge in [-0.05, 0) is 6.42 Å². The standard InChI is InChI=1S/C9H12N6O/c16-9(7-6-13-15-14-7)12-3-1-2-8-10-4-5-11-8/h4-6H,1-3H2,(H,10,11)(H,12,16)(H,13,14,15). The van der Waals surface area contributed by atoms with E-state index in [1.165, 1.54) is 6.20 Å². The lowest BCUT2D eigenvalue weighted by atomic mass is 10.3. The molecule has 84 valence electrons. The normalized spacial score (nSPS) is 10.2. The number of aromatic nitrogens is 5. The second-order valence-corrected chi connectivity index (χ2v) is 3.25. The lowest BCUT2D eigenvalue weighted by Gasteiger charge is -2.01. The van der Waals surface area contributed by atoms with Crippen molar-refractivity contribution in [3.8, 4) is 0 Å². The largest absolute Gasteiger partial charge is 0.351 e. The highest BCUT2D eigenvalue weighted by Crippen LogP contribution is 1.94. The highest BCUT2D eigenvalue weighted by atomic mass is 16.1. The summed E-state index contributed by atoms with van der Waals surface area (Å²) in [6.07, 6.45) is 6.53. The molecule has 0 unspecified atom stereocenters. The van der Waals surface area contributed by atoms with E-state index >= 15 is 0 Å². The van der Waals surface area contributed by atoms with Crippen LogP contribution >= 0.6 is 0 Å². The van der Waals surface area contributed by atoms with E-state index in [0.717, 1.165) is 18.7 Å². The van der Waals surface area contributed by atoms with Gasteiger partial charge in [-0.1, -0.05) is 0 Å². The van der Waals surface area contributed by atoms with Gasteiger partial charge in [0.25, 0.3) is 5.91 Å². The van der Waals surface area contributed by atoms with Gasteiger partial charge in [0.2, 0.25) is 0 Å². The summed E-state index contributed by atoms with van der Waals surface area (Å²) in [4.78, 5) is 18.5. The van der Waals surface area contributed by atoms with Crippen LogP contribution in [0.5, 0.6) is 0 Å². The second-order valence-electron chi connectivity index (χ2n) is 3.25. The van der Waals surface area contributed by atoms with Crippen molar-refractivity contribution in [1.82, 2.24) is 30.7 Å². The molecule has 2 aromatic heterocycles. The maximum Gasteiger partial charge on any atom is 0.273 e. The van der Waals surface area contributed by atoms with Crippen molar-refractivity contribution >= 4 is 5.91 Å². The first kappa shape index (κ1) is 10.3. The number of carbonyl (C=O) groups is 1. The topological polar surface area (TPSA) is 99.4 Å². The highest BCUT2D eigenvalue weighted by molar-refractivity contribution is 5.91. The number of rotatable bonds is 5. The Morgan fingerprint density at radius 2 is 2.44 bits per heavy atom. The summed E-state index contributed by atoms with van der Waals surface area (Å²) in [7, 11) is 0. The molecule has 1 amide bonds. The van der Waals surface area contributed by atoms with Crippen LogP contribution in [-0.4, -0.2) is 37.8 Å². The van der Waals surface area contributed by atoms with Gasteiger partial charge < -0.3 is 10.3 Å². The highest BCUT2D eigenvalue weighted by Gasteiger charge is 2.06. The number of hydrogen-bond acceptors (Lipinski definition) is 4. The number of nitrogens with one attached hydrogen (secondary N) is 3. The first-order valence-corrected chi connectivity index (χ1v) is 4.98. The number of carbonyl (C=O) groups excluding carboxylic acids is 1. The van der Waals surface area contributed by atoms with Gasteiger partial charge in [-0.25, -0.2) is 4.98 Å². The average molecular weight is 220 g/mol. The van der Waals surface area contributed by atoms with E-state index in [9.17, 15) is 4.79 Å². The van der Waals surface area contributed by atoms with Gasteiger partial charge in [0.05, 0.1) is 6.20 Å². The second kappa shape index (κ2) is 5.06. The molecule has 0 aliphatic carbocycles. The van der Waals surface area contributed by atoms with Crippen molar-refractivity contribution in [3.05, 3.63) is 30.1 Å². The van der Waals surface area contributed by atoms with Crippen LogP contribution in [0.15, 0.2) is 18.6 Å². The first-order valence-electron chi connectivity index (χ1n) is 4.98. The zero-order valence-corrected chi connectivity index (χ0v) is 8.60. The molecule has 0 saturated carbocycles. The number of aryl methyl sites for hydroxylation is 1. The Morgan fingerprint density at radius 3 is 3.12 bits per heavy atom. The number of H-pyrrole nitrogens is 2. The van der Waals surface area contributed by atoms with Crippen molar-refractivity contribution in [2.24, 2.45) is 0 Å². The molecule has 2 heterocycles. The molecular weight excluding hydrogens is 208 g/mol. The fraction of sp³-hybridized carbons (Fsp3) is 0.333. The summed E-state index contributed by atoms with van der Waals surface area (Å²) in [5, 5.41) is 12.4. The molecule has 0 saturated heterocycles. The maximum atomic E-state index is 11.4. The predicted octanol–water partition coefficient (Wildman–Crippen LogP) is -0.110. The summed E-state index contributed by atoms with van der Waals surface area (Å²) >= 11 is 0. The zero-order chi connectivity index (χ0) is 11.2. The third-order valence-electron chi connectivity index (χ3n) is 2.08. The Kier molecular flexibility index (Phi) is 3.27. The Hall–Kier alpha value is -2.18. The van der Waals surface area contributed by atoms with E-state index in [2.05, 4.69) is 30.7 Å². The van der Waals surface area contributed by atoms with Crippen LogP contribution in [-0.2, 0) is 6.42 Å². The lowest BCUT2D eigenvalue weighted by Crippen LogP contribution is -2.25. The molecule has 16 heavy (non-hydrogen) atoms. The molecule has 0 aromatic carbocycles. The maximum absolute atomic E-state index is 11.4. The Morgan fingerprint density at radius 1 is 1.50 bits per heavy atom. The summed E-state index contributed by atoms with van der Waals surface area (Å²) in [6, 6.07) is 0. The molecule has 2 rings (SSSR count). The summed E-state index contributed by atoms with van der Waals surface area (Å²) in [5.74, 6) is 0.712. The minimum Gasteiger partial charge on any atom is -0.351 e. The summed E-state index contributed by atoms with van der Waals surface area (Å²) < 4.78 is 0. The fourth-order valence-electron chi connectivity index (χ4n) is 1.29. The SMILES string of the molecule is O=C(NCCCc1ncc[nH]1)c1cn[nH]n1. The van der Waals surface area contributed by atoms with Crippen LogP contribution in [0.2, 0.25) is 0 Å². The molecule has 0 atom stereocenters. The Labute approximate surface area is 91.7 Å². The molecular formula is C9H12N6O. The van der Waals surface area contributed by atoms with Crippen molar-refractivity contribution in [1.29, 1.82) is 0 Å². The lowest BCUT2D eigenvalue weighted by molar-refractivity contribution is 0.0948. The predicted molar refractivity (Wildman–Crippen MR) is 55.6 cm³/mol. The van der Waals surface area contributed by atoms with E-state index in [0.29, 0.717) is 12.2 Å². The molecule has 0 radical (unpaired) electrons. The van der Waals surface area contributed by atoms with Gasteiger partial charge in [0, 0.05) is 25.4 Å². The van der Waals surface area contributed by atoms with Gasteiger partial charge in [-0.2, -0.15) is 15.4 Å². The molecule has 0 spiro atoms. The first-order chi connectivity index (χ1) is 7.86. The van der Waals surface area contributed by atoms with Crippen LogP contribution in [0, 0.1) is 0 Å². The average Bonchev–Trinajstić information content (AvgIpc) is 2.96. The molecule has 7 heteroatoms. The molecule has 3 N–H and O–H groups in total. The zero-order valence-electron chi connectivity index (χ0n) is 8.60. The number of amides is 1. The number of hydrogen-bond donors (Lipinski definition) is 3. The summed E-state index contributed by atoms with van der Waals surface area (Å²) in [6.45, 7) is 0.590. The van der Waals surface area contributed by atoms with Crippen molar-refractivity contribution in [2.75, 3.05) is 6.54 Å². The molecule has 7 nitrogen and oxygen atoms in total. The molecule has 0 fully saturated rings. The van der Waals surface area contributed by atoms with Crippen molar-refractivity contribution in [2.45, 2.75) is 12.8 Å². The van der Waals surface area contributed by atoms with E-state index in [4.69, 9.17) is 0 Å². The Balaban J connectivity index is 1.67. The minimum atomic E-state index is -0.215. The monoisotopic (exact) mass is 220 g/mol. The molecule has 0 bridgehead atoms. The van der Waals surface area contributed by atoms with Gasteiger partial charge in [-0.15, -0.1) is 0 Å². The van der Waals surface area contributed by atoms with Gasteiger partial charge in [0.15, 0.2) is 5.69 Å². The minimum absolute atomic E-state index is 0.215. The fourth-order valence-corrected chi connectivity index (χ4v) is 1.29. The van der Waals surface area contributed by atoms with Gasteiger partial charge in [0.1, 0.15) is 5.82 Å². The van der Waals surface area contributed by atoms with E-state index < -0.39 is 0 Å². The smallest absolute Gasteiger partial charge is 0.273 e. The van der Waals surface area contributed by atoms with Crippen LogP contribution in [0.25, 0.3) is 0 Å². The number of nitrogens with zero attached hydrogens (tertiary/aromatic N) is 3. The van der Waals surface area contributed by atoms with E-state index in [-0.39, 0.29) is 5.91 Å². The Bertz CT molecular complexity index is 421. The number of imidazole rings is 1. The van der Waals surface area contributed by atoms with Crippen LogP contribution < -0.4 is 5.32 Å². The van der Waals surface area contributed by atoms with Crippen LogP contribution in [0.1, 0.15) is 22.7 Å². The van der Waals surface area contributed by atoms with Gasteiger partial charge in [-0.3, -0.25) is 4.79 Å². The molecule has 0 aliphatic heterocycles. The van der Waals surface area contributed by atoms with Crippen LogP contribution in [0.3, 0.4) is 0 Å². The van der Waals surface area contributed by atoms with E-state index in [1.807, 2.05) is 0 Å². The quantitative estimate of drug-likeness (QED) is 0.612.